The molecule has 22 heavy (non-hydrogen) atoms. The number of aromatic nitrogens is 4. The molecule has 0 aliphatic carbocycles. The molecule has 0 bridgehead atoms. The van der Waals surface area contributed by atoms with Crippen molar-refractivity contribution in [3.8, 4) is 0 Å². The van der Waals surface area contributed by atoms with Crippen LogP contribution in [-0.4, -0.2) is 31.9 Å². The van der Waals surface area contributed by atoms with E-state index in [1.54, 1.807) is 4.68 Å². The predicted molar refractivity (Wildman–Crippen MR) is 87.7 cm³/mol. The van der Waals surface area contributed by atoms with Crippen LogP contribution >= 0.6 is 23.4 Å². The van der Waals surface area contributed by atoms with Gasteiger partial charge in [-0.15, -0.1) is 16.9 Å². The van der Waals surface area contributed by atoms with Gasteiger partial charge in [0.25, 0.3) is 0 Å². The number of tetrazole rings is 1. The zero-order chi connectivity index (χ0) is 15.9. The van der Waals surface area contributed by atoms with Crippen LogP contribution in [0.3, 0.4) is 0 Å². The Morgan fingerprint density at radius 1 is 1.36 bits per heavy atom. The van der Waals surface area contributed by atoms with Gasteiger partial charge in [0.05, 0.1) is 17.5 Å². The molecule has 0 fully saturated rings. The number of hydrogen-bond acceptors (Lipinski definition) is 5. The largest absolute Gasteiger partial charge is 0.351 e. The van der Waals surface area contributed by atoms with Crippen LogP contribution < -0.4 is 5.32 Å². The lowest BCUT2D eigenvalue weighted by Crippen LogP contribution is -2.24. The van der Waals surface area contributed by atoms with Crippen LogP contribution in [0.2, 0.25) is 5.02 Å². The molecule has 2 aromatic rings. The molecule has 0 saturated carbocycles. The first kappa shape index (κ1) is 16.8. The fourth-order valence-corrected chi connectivity index (χ4v) is 2.69. The van der Waals surface area contributed by atoms with E-state index in [2.05, 4.69) is 20.8 Å². The second kappa shape index (κ2) is 8.14. The lowest BCUT2D eigenvalue weighted by molar-refractivity contribution is -0.118. The molecular weight excluding hydrogens is 322 g/mol. The number of benzene rings is 1. The molecule has 1 aromatic heterocycles. The van der Waals surface area contributed by atoms with Crippen molar-refractivity contribution in [2.75, 3.05) is 5.75 Å². The van der Waals surface area contributed by atoms with E-state index < -0.39 is 0 Å². The van der Waals surface area contributed by atoms with Gasteiger partial charge in [-0.2, -0.15) is 0 Å². The smallest absolute Gasteiger partial charge is 0.230 e. The molecule has 1 aromatic carbocycles. The maximum absolute atomic E-state index is 11.8. The topological polar surface area (TPSA) is 72.7 Å². The van der Waals surface area contributed by atoms with Crippen LogP contribution in [0.25, 0.3) is 0 Å². The molecule has 6 nitrogen and oxygen atoms in total. The fourth-order valence-electron chi connectivity index (χ4n) is 1.80. The van der Waals surface area contributed by atoms with Gasteiger partial charge in [-0.25, -0.2) is 4.68 Å². The average Bonchev–Trinajstić information content (AvgIpc) is 2.95. The number of nitrogens with one attached hydrogen (secondary N) is 1. The zero-order valence-corrected chi connectivity index (χ0v) is 14.1. The van der Waals surface area contributed by atoms with Crippen LogP contribution in [0.15, 0.2) is 24.3 Å². The molecule has 118 valence electrons. The van der Waals surface area contributed by atoms with Gasteiger partial charge < -0.3 is 5.32 Å². The molecule has 2 rings (SSSR count). The van der Waals surface area contributed by atoms with Crippen molar-refractivity contribution in [3.63, 3.8) is 0 Å². The number of thioether (sulfide) groups is 1. The van der Waals surface area contributed by atoms with E-state index >= 15 is 0 Å². The van der Waals surface area contributed by atoms with Crippen LogP contribution in [0.5, 0.6) is 0 Å². The quantitative estimate of drug-likeness (QED) is 0.838. The minimum Gasteiger partial charge on any atom is -0.351 e. The summed E-state index contributed by atoms with van der Waals surface area (Å²) in [6.45, 7) is 4.53. The highest BCUT2D eigenvalue weighted by molar-refractivity contribution is 7.99. The highest BCUT2D eigenvalue weighted by atomic mass is 35.5. The SMILES string of the molecule is CC(C)n1nnnc1CSCC(=O)NCc1ccc(Cl)cc1. The highest BCUT2D eigenvalue weighted by Gasteiger charge is 2.10. The minimum atomic E-state index is -0.0106. The number of carbonyl (C=O) groups is 1. The van der Waals surface area contributed by atoms with Crippen molar-refractivity contribution >= 4 is 29.3 Å². The number of carbonyl (C=O) groups excluding carboxylic acids is 1. The summed E-state index contributed by atoms with van der Waals surface area (Å²) in [7, 11) is 0. The highest BCUT2D eigenvalue weighted by Crippen LogP contribution is 2.12. The zero-order valence-electron chi connectivity index (χ0n) is 12.5. The molecule has 0 saturated heterocycles. The Balaban J connectivity index is 1.71. The summed E-state index contributed by atoms with van der Waals surface area (Å²) < 4.78 is 1.76. The van der Waals surface area contributed by atoms with E-state index in [1.807, 2.05) is 38.1 Å². The van der Waals surface area contributed by atoms with E-state index in [9.17, 15) is 4.79 Å². The molecule has 0 aliphatic heterocycles. The van der Waals surface area contributed by atoms with Gasteiger partial charge in [0.1, 0.15) is 0 Å². The van der Waals surface area contributed by atoms with Crippen molar-refractivity contribution in [1.29, 1.82) is 0 Å². The number of hydrogen-bond donors (Lipinski definition) is 1. The van der Waals surface area contributed by atoms with Crippen molar-refractivity contribution in [2.45, 2.75) is 32.2 Å². The van der Waals surface area contributed by atoms with Crippen LogP contribution in [0, 0.1) is 0 Å². The lowest BCUT2D eigenvalue weighted by Gasteiger charge is -2.08. The second-order valence-electron chi connectivity index (χ2n) is 5.03. The third-order valence-corrected chi connectivity index (χ3v) is 4.10. The molecule has 0 radical (unpaired) electrons. The molecule has 0 aliphatic rings. The first-order valence-corrected chi connectivity index (χ1v) is 8.45. The Hall–Kier alpha value is -1.60. The van der Waals surface area contributed by atoms with Gasteiger partial charge in [0.15, 0.2) is 5.82 Å². The van der Waals surface area contributed by atoms with Crippen molar-refractivity contribution in [2.24, 2.45) is 0 Å². The normalized spacial score (nSPS) is 10.9. The fraction of sp³-hybridized carbons (Fsp3) is 0.429. The average molecular weight is 340 g/mol. The molecule has 0 spiro atoms. The third kappa shape index (κ3) is 4.99. The van der Waals surface area contributed by atoms with Crippen LogP contribution in [-0.2, 0) is 17.1 Å². The Morgan fingerprint density at radius 2 is 2.09 bits per heavy atom. The molecule has 0 atom stereocenters. The molecule has 1 amide bonds. The number of rotatable bonds is 7. The second-order valence-corrected chi connectivity index (χ2v) is 6.45. The van der Waals surface area contributed by atoms with Crippen LogP contribution in [0.1, 0.15) is 31.3 Å². The number of amides is 1. The molecule has 0 unspecified atom stereocenters. The first-order chi connectivity index (χ1) is 10.6. The number of halogens is 1. The van der Waals surface area contributed by atoms with Crippen molar-refractivity contribution in [3.05, 3.63) is 40.7 Å². The Kier molecular flexibility index (Phi) is 6.21. The van der Waals surface area contributed by atoms with Gasteiger partial charge >= 0.3 is 0 Å². The maximum Gasteiger partial charge on any atom is 0.230 e. The summed E-state index contributed by atoms with van der Waals surface area (Å²) in [5, 5.41) is 15.1. The summed E-state index contributed by atoms with van der Waals surface area (Å²) in [6, 6.07) is 7.62. The molecule has 8 heteroatoms. The van der Waals surface area contributed by atoms with Gasteiger partial charge in [-0.05, 0) is 42.0 Å². The summed E-state index contributed by atoms with van der Waals surface area (Å²) in [6.07, 6.45) is 0. The van der Waals surface area contributed by atoms with Crippen molar-refractivity contribution in [1.82, 2.24) is 25.5 Å². The number of nitrogens with zero attached hydrogens (tertiary/aromatic N) is 4. The summed E-state index contributed by atoms with van der Waals surface area (Å²) in [5.41, 5.74) is 1.02. The Bertz CT molecular complexity index is 614. The minimum absolute atomic E-state index is 0.0106. The summed E-state index contributed by atoms with van der Waals surface area (Å²) in [4.78, 5) is 11.8. The predicted octanol–water partition coefficient (Wildman–Crippen LogP) is 2.46. The van der Waals surface area contributed by atoms with Crippen LogP contribution in [0.4, 0.5) is 0 Å². The van der Waals surface area contributed by atoms with Gasteiger partial charge in [-0.1, -0.05) is 23.7 Å². The summed E-state index contributed by atoms with van der Waals surface area (Å²) >= 11 is 7.31. The molecule has 1 N–H and O–H groups in total. The molecular formula is C14H18ClN5OS. The lowest BCUT2D eigenvalue weighted by atomic mass is 10.2. The van der Waals surface area contributed by atoms with E-state index in [1.165, 1.54) is 11.8 Å². The Labute approximate surface area is 138 Å². The molecule has 1 heterocycles. The van der Waals surface area contributed by atoms with E-state index in [0.29, 0.717) is 23.1 Å². The van der Waals surface area contributed by atoms with E-state index in [4.69, 9.17) is 11.6 Å². The van der Waals surface area contributed by atoms with Crippen molar-refractivity contribution < 1.29 is 4.79 Å². The Morgan fingerprint density at radius 3 is 2.77 bits per heavy atom. The standard InChI is InChI=1S/C14H18ClN5OS/c1-10(2)20-13(17-18-19-20)8-22-9-14(21)16-7-11-3-5-12(15)6-4-11/h3-6,10H,7-9H2,1-2H3,(H,16,21). The maximum atomic E-state index is 11.8. The monoisotopic (exact) mass is 339 g/mol. The van der Waals surface area contributed by atoms with Gasteiger partial charge in [0, 0.05) is 11.6 Å². The third-order valence-electron chi connectivity index (χ3n) is 2.92. The summed E-state index contributed by atoms with van der Waals surface area (Å²) in [5.74, 6) is 1.76. The van der Waals surface area contributed by atoms with Gasteiger partial charge in [0.2, 0.25) is 5.91 Å². The van der Waals surface area contributed by atoms with Gasteiger partial charge in [-0.3, -0.25) is 4.79 Å². The van der Waals surface area contributed by atoms with E-state index in [0.717, 1.165) is 11.4 Å². The first-order valence-electron chi connectivity index (χ1n) is 6.92. The van der Waals surface area contributed by atoms with E-state index in [-0.39, 0.29) is 11.9 Å².